The highest BCUT2D eigenvalue weighted by Gasteiger charge is 2.24. The monoisotopic (exact) mass is 253 g/mol. The fourth-order valence-electron chi connectivity index (χ4n) is 2.76. The first-order chi connectivity index (χ1) is 9.35. The van der Waals surface area contributed by atoms with Crippen molar-refractivity contribution in [3.63, 3.8) is 0 Å². The summed E-state index contributed by atoms with van der Waals surface area (Å²) in [5, 5.41) is 6.40. The molecule has 0 aromatic heterocycles. The summed E-state index contributed by atoms with van der Waals surface area (Å²) in [5.74, 6) is 1.01. The Hall–Kier alpha value is -1.34. The van der Waals surface area contributed by atoms with Crippen molar-refractivity contribution in [3.05, 3.63) is 48.0 Å². The molecule has 0 heterocycles. The summed E-state index contributed by atoms with van der Waals surface area (Å²) < 4.78 is 0. The Labute approximate surface area is 116 Å². The van der Waals surface area contributed by atoms with Crippen LogP contribution in [0.25, 0.3) is 10.8 Å². The molecule has 0 bridgehead atoms. The molecule has 1 aliphatic rings. The molecule has 1 fully saturated rings. The van der Waals surface area contributed by atoms with Crippen LogP contribution in [0.2, 0.25) is 0 Å². The van der Waals surface area contributed by atoms with Crippen molar-refractivity contribution >= 4 is 10.8 Å². The summed E-state index contributed by atoms with van der Waals surface area (Å²) in [6.45, 7) is 3.29. The first kappa shape index (κ1) is 12.7. The Morgan fingerprint density at radius 1 is 1.11 bits per heavy atom. The molecular formula is C18H23N. The standard InChI is InChI=1S/C18H23N/c1-2-18(12-14-7-8-14)19-13-15-9-10-16-5-3-4-6-17(16)11-15/h3-6,9-11,14,18-19H,2,7-8,12-13H2,1H3. The molecule has 1 aliphatic carbocycles. The molecule has 0 aliphatic heterocycles. The number of fused-ring (bicyclic) bond motifs is 1. The van der Waals surface area contributed by atoms with Crippen LogP contribution in [-0.2, 0) is 6.54 Å². The predicted octanol–water partition coefficient (Wildman–Crippen LogP) is 4.51. The molecular weight excluding hydrogens is 230 g/mol. The minimum atomic E-state index is 0.693. The minimum absolute atomic E-state index is 0.693. The van der Waals surface area contributed by atoms with Gasteiger partial charge in [-0.15, -0.1) is 0 Å². The lowest BCUT2D eigenvalue weighted by Gasteiger charge is -2.16. The van der Waals surface area contributed by atoms with Gasteiger partial charge in [0.25, 0.3) is 0 Å². The third-order valence-electron chi connectivity index (χ3n) is 4.22. The van der Waals surface area contributed by atoms with Crippen molar-refractivity contribution < 1.29 is 0 Å². The number of rotatable bonds is 6. The van der Waals surface area contributed by atoms with Crippen LogP contribution < -0.4 is 5.32 Å². The Morgan fingerprint density at radius 3 is 2.63 bits per heavy atom. The molecule has 0 radical (unpaired) electrons. The predicted molar refractivity (Wildman–Crippen MR) is 82.2 cm³/mol. The maximum atomic E-state index is 3.72. The molecule has 1 atom stereocenters. The average molecular weight is 253 g/mol. The second-order valence-corrected chi connectivity index (χ2v) is 5.85. The van der Waals surface area contributed by atoms with E-state index in [0.717, 1.165) is 12.5 Å². The third-order valence-corrected chi connectivity index (χ3v) is 4.22. The van der Waals surface area contributed by atoms with E-state index in [2.05, 4.69) is 54.7 Å². The number of benzene rings is 2. The number of nitrogens with one attached hydrogen (secondary N) is 1. The highest BCUT2D eigenvalue weighted by atomic mass is 14.9. The summed E-state index contributed by atoms with van der Waals surface area (Å²) in [6.07, 6.45) is 5.51. The van der Waals surface area contributed by atoms with Crippen molar-refractivity contribution in [1.82, 2.24) is 5.32 Å². The normalized spacial score (nSPS) is 16.7. The molecule has 1 unspecified atom stereocenters. The van der Waals surface area contributed by atoms with E-state index in [9.17, 15) is 0 Å². The van der Waals surface area contributed by atoms with E-state index in [4.69, 9.17) is 0 Å². The molecule has 1 nitrogen and oxygen atoms in total. The number of hydrogen-bond acceptors (Lipinski definition) is 1. The van der Waals surface area contributed by atoms with Gasteiger partial charge in [-0.05, 0) is 41.2 Å². The zero-order chi connectivity index (χ0) is 13.1. The van der Waals surface area contributed by atoms with Gasteiger partial charge in [-0.1, -0.05) is 56.2 Å². The molecule has 1 heteroatoms. The van der Waals surface area contributed by atoms with Gasteiger partial charge < -0.3 is 5.32 Å². The lowest BCUT2D eigenvalue weighted by Crippen LogP contribution is -2.28. The molecule has 19 heavy (non-hydrogen) atoms. The van der Waals surface area contributed by atoms with E-state index >= 15 is 0 Å². The van der Waals surface area contributed by atoms with Gasteiger partial charge in [-0.2, -0.15) is 0 Å². The van der Waals surface area contributed by atoms with Crippen LogP contribution in [0.5, 0.6) is 0 Å². The average Bonchev–Trinajstić information content (AvgIpc) is 3.27. The third kappa shape index (κ3) is 3.36. The van der Waals surface area contributed by atoms with Crippen molar-refractivity contribution in [2.75, 3.05) is 0 Å². The summed E-state index contributed by atoms with van der Waals surface area (Å²) in [6, 6.07) is 16.1. The molecule has 2 aromatic carbocycles. The van der Waals surface area contributed by atoms with Gasteiger partial charge >= 0.3 is 0 Å². The maximum Gasteiger partial charge on any atom is 0.0208 e. The van der Waals surface area contributed by atoms with Gasteiger partial charge in [-0.3, -0.25) is 0 Å². The number of hydrogen-bond donors (Lipinski definition) is 1. The Morgan fingerprint density at radius 2 is 1.89 bits per heavy atom. The first-order valence-electron chi connectivity index (χ1n) is 7.56. The van der Waals surface area contributed by atoms with Crippen LogP contribution in [0.3, 0.4) is 0 Å². The van der Waals surface area contributed by atoms with E-state index in [1.165, 1.54) is 42.0 Å². The van der Waals surface area contributed by atoms with Crippen molar-refractivity contribution in [2.45, 2.75) is 45.2 Å². The molecule has 100 valence electrons. The largest absolute Gasteiger partial charge is 0.310 e. The van der Waals surface area contributed by atoms with E-state index in [1.54, 1.807) is 0 Å². The van der Waals surface area contributed by atoms with Gasteiger partial charge in [0, 0.05) is 12.6 Å². The maximum absolute atomic E-state index is 3.72. The summed E-state index contributed by atoms with van der Waals surface area (Å²) >= 11 is 0. The van der Waals surface area contributed by atoms with Gasteiger partial charge in [0.1, 0.15) is 0 Å². The van der Waals surface area contributed by atoms with Gasteiger partial charge in [0.2, 0.25) is 0 Å². The van der Waals surface area contributed by atoms with Crippen LogP contribution in [-0.4, -0.2) is 6.04 Å². The van der Waals surface area contributed by atoms with Gasteiger partial charge in [0.15, 0.2) is 0 Å². The summed E-state index contributed by atoms with van der Waals surface area (Å²) in [7, 11) is 0. The topological polar surface area (TPSA) is 12.0 Å². The zero-order valence-electron chi connectivity index (χ0n) is 11.7. The highest BCUT2D eigenvalue weighted by molar-refractivity contribution is 5.82. The lowest BCUT2D eigenvalue weighted by atomic mass is 10.1. The Bertz CT molecular complexity index is 542. The van der Waals surface area contributed by atoms with Crippen LogP contribution in [0, 0.1) is 5.92 Å². The second-order valence-electron chi connectivity index (χ2n) is 5.85. The van der Waals surface area contributed by atoms with Crippen molar-refractivity contribution in [1.29, 1.82) is 0 Å². The lowest BCUT2D eigenvalue weighted by molar-refractivity contribution is 0.445. The first-order valence-corrected chi connectivity index (χ1v) is 7.56. The summed E-state index contributed by atoms with van der Waals surface area (Å²) in [4.78, 5) is 0. The van der Waals surface area contributed by atoms with Gasteiger partial charge in [-0.25, -0.2) is 0 Å². The van der Waals surface area contributed by atoms with E-state index in [-0.39, 0.29) is 0 Å². The summed E-state index contributed by atoms with van der Waals surface area (Å²) in [5.41, 5.74) is 1.40. The van der Waals surface area contributed by atoms with Crippen LogP contribution in [0.1, 0.15) is 38.2 Å². The van der Waals surface area contributed by atoms with Crippen LogP contribution in [0.15, 0.2) is 42.5 Å². The van der Waals surface area contributed by atoms with Crippen LogP contribution >= 0.6 is 0 Å². The Kier molecular flexibility index (Phi) is 3.84. The fraction of sp³-hybridized carbons (Fsp3) is 0.444. The minimum Gasteiger partial charge on any atom is -0.310 e. The molecule has 0 saturated heterocycles. The van der Waals surface area contributed by atoms with Gasteiger partial charge in [0.05, 0.1) is 0 Å². The molecule has 2 aromatic rings. The molecule has 0 amide bonds. The smallest absolute Gasteiger partial charge is 0.0208 e. The van der Waals surface area contributed by atoms with Crippen LogP contribution in [0.4, 0.5) is 0 Å². The highest BCUT2D eigenvalue weighted by Crippen LogP contribution is 2.34. The van der Waals surface area contributed by atoms with Crippen molar-refractivity contribution in [3.8, 4) is 0 Å². The molecule has 1 N–H and O–H groups in total. The van der Waals surface area contributed by atoms with E-state index in [0.29, 0.717) is 6.04 Å². The fourth-order valence-corrected chi connectivity index (χ4v) is 2.76. The Balaban J connectivity index is 1.63. The molecule has 3 rings (SSSR count). The zero-order valence-corrected chi connectivity index (χ0v) is 11.7. The quantitative estimate of drug-likeness (QED) is 0.798. The SMILES string of the molecule is CCC(CC1CC1)NCc1ccc2ccccc2c1. The second kappa shape index (κ2) is 5.75. The molecule has 0 spiro atoms. The van der Waals surface area contributed by atoms with E-state index in [1.807, 2.05) is 0 Å². The van der Waals surface area contributed by atoms with Crippen molar-refractivity contribution in [2.24, 2.45) is 5.92 Å². The van der Waals surface area contributed by atoms with E-state index < -0.39 is 0 Å². The molecule has 1 saturated carbocycles.